The highest BCUT2D eigenvalue weighted by atomic mass is 79.9. The fraction of sp³-hybridized carbons (Fsp3) is 0.300. The predicted molar refractivity (Wildman–Crippen MR) is 65.9 cm³/mol. The van der Waals surface area contributed by atoms with Gasteiger partial charge in [-0.05, 0) is 41.1 Å². The fourth-order valence-corrected chi connectivity index (χ4v) is 1.48. The van der Waals surface area contributed by atoms with E-state index in [9.17, 15) is 4.79 Å². The van der Waals surface area contributed by atoms with E-state index in [0.717, 1.165) is 10.2 Å². The molecule has 1 rings (SSSR count). The lowest BCUT2D eigenvalue weighted by molar-refractivity contribution is 0.224. The Kier molecular flexibility index (Phi) is 3.96. The number of carbonyl (C=O) groups is 1. The number of halogens is 1. The van der Waals surface area contributed by atoms with E-state index in [1.54, 1.807) is 30.1 Å². The molecule has 0 aliphatic carbocycles. The smallest absolute Gasteiger partial charge is 0.321 e. The lowest BCUT2D eigenvalue weighted by atomic mass is 10.3. The number of anilines is 2. The van der Waals surface area contributed by atoms with E-state index >= 15 is 0 Å². The summed E-state index contributed by atoms with van der Waals surface area (Å²) in [6.07, 6.45) is 0. The van der Waals surface area contributed by atoms with Crippen LogP contribution < -0.4 is 11.1 Å². The molecule has 1 aromatic carbocycles. The van der Waals surface area contributed by atoms with Gasteiger partial charge in [-0.1, -0.05) is 0 Å². The summed E-state index contributed by atoms with van der Waals surface area (Å²) in [6.45, 7) is 2.58. The third-order valence-corrected chi connectivity index (χ3v) is 2.71. The number of nitrogens with zero attached hydrogens (tertiary/aromatic N) is 1. The van der Waals surface area contributed by atoms with Crippen LogP contribution in [-0.2, 0) is 0 Å². The zero-order valence-electron chi connectivity index (χ0n) is 8.75. The lowest BCUT2D eigenvalue weighted by Crippen LogP contribution is -2.31. The molecule has 4 nitrogen and oxygen atoms in total. The SMILES string of the molecule is CCN(C)C(=O)Nc1ccc(N)cc1Br. The van der Waals surface area contributed by atoms with Gasteiger partial charge in [0.25, 0.3) is 0 Å². The third-order valence-electron chi connectivity index (χ3n) is 2.06. The Labute approximate surface area is 97.6 Å². The lowest BCUT2D eigenvalue weighted by Gasteiger charge is -2.16. The number of nitrogens with two attached hydrogens (primary N) is 1. The number of nitrogens with one attached hydrogen (secondary N) is 1. The Balaban J connectivity index is 2.77. The van der Waals surface area contributed by atoms with Gasteiger partial charge in [0.2, 0.25) is 0 Å². The van der Waals surface area contributed by atoms with Crippen LogP contribution in [0.15, 0.2) is 22.7 Å². The molecule has 0 spiro atoms. The van der Waals surface area contributed by atoms with Crippen molar-refractivity contribution in [1.29, 1.82) is 0 Å². The van der Waals surface area contributed by atoms with Crippen molar-refractivity contribution in [3.8, 4) is 0 Å². The summed E-state index contributed by atoms with van der Waals surface area (Å²) in [5.74, 6) is 0. The number of carbonyl (C=O) groups excluding carboxylic acids is 1. The average molecular weight is 272 g/mol. The van der Waals surface area contributed by atoms with Crippen LogP contribution in [0.25, 0.3) is 0 Å². The highest BCUT2D eigenvalue weighted by Gasteiger charge is 2.08. The molecular weight excluding hydrogens is 258 g/mol. The van der Waals surface area contributed by atoms with Crippen LogP contribution in [0.2, 0.25) is 0 Å². The predicted octanol–water partition coefficient (Wildman–Crippen LogP) is 2.51. The van der Waals surface area contributed by atoms with Gasteiger partial charge >= 0.3 is 6.03 Å². The van der Waals surface area contributed by atoms with E-state index in [4.69, 9.17) is 5.73 Å². The maximum atomic E-state index is 11.5. The summed E-state index contributed by atoms with van der Waals surface area (Å²) in [4.78, 5) is 13.1. The summed E-state index contributed by atoms with van der Waals surface area (Å²) in [5, 5.41) is 2.77. The number of hydrogen-bond acceptors (Lipinski definition) is 2. The molecule has 0 saturated carbocycles. The number of rotatable bonds is 2. The van der Waals surface area contributed by atoms with Gasteiger partial charge in [-0.2, -0.15) is 0 Å². The summed E-state index contributed by atoms with van der Waals surface area (Å²) in [5.41, 5.74) is 6.96. The molecule has 0 aromatic heterocycles. The van der Waals surface area contributed by atoms with E-state index in [1.165, 1.54) is 0 Å². The second kappa shape index (κ2) is 5.02. The van der Waals surface area contributed by atoms with Crippen molar-refractivity contribution in [3.05, 3.63) is 22.7 Å². The van der Waals surface area contributed by atoms with Gasteiger partial charge in [-0.3, -0.25) is 0 Å². The summed E-state index contributed by atoms with van der Waals surface area (Å²) in [6, 6.07) is 5.12. The monoisotopic (exact) mass is 271 g/mol. The Morgan fingerprint density at radius 3 is 2.80 bits per heavy atom. The minimum absolute atomic E-state index is 0.136. The van der Waals surface area contributed by atoms with E-state index < -0.39 is 0 Å². The van der Waals surface area contributed by atoms with Crippen LogP contribution in [0, 0.1) is 0 Å². The summed E-state index contributed by atoms with van der Waals surface area (Å²) < 4.78 is 0.778. The third kappa shape index (κ3) is 3.13. The Bertz CT molecular complexity index is 368. The number of nitrogen functional groups attached to an aromatic ring is 1. The molecule has 0 atom stereocenters. The molecule has 82 valence electrons. The van der Waals surface area contributed by atoms with Crippen LogP contribution in [-0.4, -0.2) is 24.5 Å². The van der Waals surface area contributed by atoms with Crippen LogP contribution >= 0.6 is 15.9 Å². The first-order valence-corrected chi connectivity index (χ1v) is 5.41. The standard InChI is InChI=1S/C10H14BrN3O/c1-3-14(2)10(15)13-9-5-4-7(12)6-8(9)11/h4-6H,3,12H2,1-2H3,(H,13,15). The maximum absolute atomic E-state index is 11.5. The van der Waals surface area contributed by atoms with Gasteiger partial charge < -0.3 is 16.0 Å². The first-order valence-electron chi connectivity index (χ1n) is 4.61. The first kappa shape index (κ1) is 11.8. The molecule has 0 aliphatic heterocycles. The Morgan fingerprint density at radius 2 is 2.27 bits per heavy atom. The number of hydrogen-bond donors (Lipinski definition) is 2. The van der Waals surface area contributed by atoms with E-state index in [-0.39, 0.29) is 6.03 Å². The summed E-state index contributed by atoms with van der Waals surface area (Å²) in [7, 11) is 1.74. The van der Waals surface area contributed by atoms with E-state index in [2.05, 4.69) is 21.2 Å². The minimum atomic E-state index is -0.136. The molecule has 1 aromatic rings. The molecule has 0 bridgehead atoms. The highest BCUT2D eigenvalue weighted by molar-refractivity contribution is 9.10. The van der Waals surface area contributed by atoms with Crippen molar-refractivity contribution >= 4 is 33.3 Å². The fourth-order valence-electron chi connectivity index (χ4n) is 0.987. The van der Waals surface area contributed by atoms with Crippen molar-refractivity contribution in [3.63, 3.8) is 0 Å². The molecule has 2 amide bonds. The van der Waals surface area contributed by atoms with Gasteiger partial charge in [0.1, 0.15) is 0 Å². The Hall–Kier alpha value is -1.23. The zero-order valence-corrected chi connectivity index (χ0v) is 10.3. The minimum Gasteiger partial charge on any atom is -0.399 e. The van der Waals surface area contributed by atoms with Crippen molar-refractivity contribution < 1.29 is 4.79 Å². The normalized spacial score (nSPS) is 9.80. The van der Waals surface area contributed by atoms with Crippen LogP contribution in [0.4, 0.5) is 16.2 Å². The molecule has 0 unspecified atom stereocenters. The highest BCUT2D eigenvalue weighted by Crippen LogP contribution is 2.24. The van der Waals surface area contributed by atoms with Gasteiger partial charge in [-0.15, -0.1) is 0 Å². The van der Waals surface area contributed by atoms with E-state index in [1.807, 2.05) is 6.92 Å². The van der Waals surface area contributed by atoms with Gasteiger partial charge in [0.05, 0.1) is 5.69 Å². The molecule has 0 fully saturated rings. The van der Waals surface area contributed by atoms with E-state index in [0.29, 0.717) is 12.2 Å². The van der Waals surface area contributed by atoms with Gasteiger partial charge in [0, 0.05) is 23.8 Å². The molecule has 0 radical (unpaired) electrons. The molecule has 0 heterocycles. The molecule has 15 heavy (non-hydrogen) atoms. The number of benzene rings is 1. The van der Waals surface area contributed by atoms with Crippen molar-refractivity contribution in [2.75, 3.05) is 24.6 Å². The Morgan fingerprint density at radius 1 is 1.60 bits per heavy atom. The number of urea groups is 1. The van der Waals surface area contributed by atoms with Crippen molar-refractivity contribution in [2.45, 2.75) is 6.92 Å². The van der Waals surface area contributed by atoms with Crippen LogP contribution in [0.5, 0.6) is 0 Å². The van der Waals surface area contributed by atoms with Crippen LogP contribution in [0.1, 0.15) is 6.92 Å². The maximum Gasteiger partial charge on any atom is 0.321 e. The van der Waals surface area contributed by atoms with Crippen molar-refractivity contribution in [1.82, 2.24) is 4.90 Å². The topological polar surface area (TPSA) is 58.4 Å². The van der Waals surface area contributed by atoms with Gasteiger partial charge in [0.15, 0.2) is 0 Å². The molecular formula is C10H14BrN3O. The molecule has 0 aliphatic rings. The van der Waals surface area contributed by atoms with Gasteiger partial charge in [-0.25, -0.2) is 4.79 Å². The van der Waals surface area contributed by atoms with Crippen LogP contribution in [0.3, 0.4) is 0 Å². The average Bonchev–Trinajstić information content (AvgIpc) is 2.20. The largest absolute Gasteiger partial charge is 0.399 e. The first-order chi connectivity index (χ1) is 7.04. The number of amides is 2. The molecule has 3 N–H and O–H groups in total. The molecule has 5 heteroatoms. The second-order valence-electron chi connectivity index (χ2n) is 3.18. The molecule has 0 saturated heterocycles. The second-order valence-corrected chi connectivity index (χ2v) is 4.04. The summed E-state index contributed by atoms with van der Waals surface area (Å²) >= 11 is 3.33. The quantitative estimate of drug-likeness (QED) is 0.813. The van der Waals surface area contributed by atoms with Crippen molar-refractivity contribution in [2.24, 2.45) is 0 Å². The zero-order chi connectivity index (χ0) is 11.4.